The Morgan fingerprint density at radius 3 is 2.66 bits per heavy atom. The van der Waals surface area contributed by atoms with Gasteiger partial charge in [0.25, 0.3) is 5.89 Å². The van der Waals surface area contributed by atoms with Gasteiger partial charge in [0.05, 0.1) is 18.8 Å². The quantitative estimate of drug-likeness (QED) is 0.381. The summed E-state index contributed by atoms with van der Waals surface area (Å²) in [6.07, 6.45) is 4.90. The molecule has 0 bridgehead atoms. The molecule has 200 valence electrons. The van der Waals surface area contributed by atoms with Gasteiger partial charge in [-0.15, -0.1) is 5.10 Å². The van der Waals surface area contributed by atoms with E-state index in [9.17, 15) is 4.79 Å². The van der Waals surface area contributed by atoms with Gasteiger partial charge in [-0.05, 0) is 50.7 Å². The fourth-order valence-electron chi connectivity index (χ4n) is 5.66. The monoisotopic (exact) mass is 537 g/mol. The number of halogens is 1. The lowest BCUT2D eigenvalue weighted by Crippen LogP contribution is -2.49. The number of ether oxygens (including phenoxy) is 1. The number of aromatic amines is 1. The van der Waals surface area contributed by atoms with E-state index in [1.54, 1.807) is 0 Å². The van der Waals surface area contributed by atoms with E-state index in [1.165, 1.54) is 25.7 Å². The number of hydrogen-bond acceptors (Lipinski definition) is 8. The molecule has 1 N–H and O–H groups in total. The van der Waals surface area contributed by atoms with E-state index in [0.29, 0.717) is 28.9 Å². The Balaban J connectivity index is 1.58. The molecule has 1 aromatic carbocycles. The minimum atomic E-state index is -0.665. The van der Waals surface area contributed by atoms with Gasteiger partial charge in [0.1, 0.15) is 11.2 Å². The maximum atomic E-state index is 11.7. The predicted molar refractivity (Wildman–Crippen MR) is 145 cm³/mol. The first-order chi connectivity index (χ1) is 18.4. The van der Waals surface area contributed by atoms with E-state index in [-0.39, 0.29) is 23.9 Å². The van der Waals surface area contributed by atoms with E-state index in [4.69, 9.17) is 35.7 Å². The van der Waals surface area contributed by atoms with Crippen LogP contribution in [0.4, 0.5) is 5.95 Å². The van der Waals surface area contributed by atoms with Crippen LogP contribution >= 0.6 is 11.6 Å². The van der Waals surface area contributed by atoms with Gasteiger partial charge in [-0.2, -0.15) is 4.98 Å². The number of nitrogens with zero attached hydrogens (tertiary/aromatic N) is 6. The summed E-state index contributed by atoms with van der Waals surface area (Å²) in [4.78, 5) is 28.7. The first kappa shape index (κ1) is 25.1. The first-order valence-electron chi connectivity index (χ1n) is 13.4. The second kappa shape index (κ2) is 10.1. The predicted octanol–water partition coefficient (Wildman–Crippen LogP) is 4.93. The van der Waals surface area contributed by atoms with Crippen molar-refractivity contribution in [3.8, 4) is 23.0 Å². The number of imidazole rings is 1. The molecule has 1 aliphatic carbocycles. The smallest absolute Gasteiger partial charge is 0.384 e. The standard InChI is InChI=1S/C27H32ClN7O3/c1-15-7-9-18(10-8-15)14-35-22-21(19-5-4-6-20(28)13-19)29-24(25-32-33-27(36)38-25)30-23(22)31-26(35)34-11-12-37-17(3)16(34)2/h4-6,13,15-18H,7-12,14H2,1-3H3,(H,33,36)/t15?,16-,17-,18?/m1/s1. The molecular formula is C27H32ClN7O3. The van der Waals surface area contributed by atoms with Crippen molar-refractivity contribution in [3.63, 3.8) is 0 Å². The van der Waals surface area contributed by atoms with Crippen molar-refractivity contribution >= 4 is 28.7 Å². The summed E-state index contributed by atoms with van der Waals surface area (Å²) in [6, 6.07) is 7.72. The Hall–Kier alpha value is -3.24. The number of H-pyrrole nitrogens is 1. The van der Waals surface area contributed by atoms with Crippen molar-refractivity contribution in [1.82, 2.24) is 29.7 Å². The average Bonchev–Trinajstić information content (AvgIpc) is 3.50. The molecule has 0 unspecified atom stereocenters. The lowest BCUT2D eigenvalue weighted by Gasteiger charge is -2.39. The molecule has 4 aromatic rings. The maximum absolute atomic E-state index is 11.7. The molecule has 3 aromatic heterocycles. The highest BCUT2D eigenvalue weighted by molar-refractivity contribution is 6.30. The van der Waals surface area contributed by atoms with Crippen LogP contribution in [-0.4, -0.2) is 55.0 Å². The number of aromatic nitrogens is 6. The third-order valence-electron chi connectivity index (χ3n) is 8.03. The SMILES string of the molecule is CC1CCC(Cn2c(N3CCO[C@H](C)[C@H]3C)nc3nc(-c4n[nH]c(=O)o4)nc(-c4cccc(Cl)c4)c32)CC1. The van der Waals surface area contributed by atoms with E-state index < -0.39 is 5.76 Å². The van der Waals surface area contributed by atoms with Crippen LogP contribution in [0.15, 0.2) is 33.5 Å². The molecule has 4 heterocycles. The summed E-state index contributed by atoms with van der Waals surface area (Å²) in [6.45, 7) is 8.80. The van der Waals surface area contributed by atoms with Gasteiger partial charge in [0, 0.05) is 23.7 Å². The van der Waals surface area contributed by atoms with E-state index in [1.807, 2.05) is 24.3 Å². The van der Waals surface area contributed by atoms with Crippen LogP contribution in [0.2, 0.25) is 5.02 Å². The Morgan fingerprint density at radius 1 is 1.11 bits per heavy atom. The zero-order valence-corrected chi connectivity index (χ0v) is 22.6. The number of benzene rings is 1. The topological polar surface area (TPSA) is 115 Å². The summed E-state index contributed by atoms with van der Waals surface area (Å²) in [5.74, 6) is 1.71. The van der Waals surface area contributed by atoms with Crippen LogP contribution in [0.3, 0.4) is 0 Å². The molecule has 11 heteroatoms. The first-order valence-corrected chi connectivity index (χ1v) is 13.7. The lowest BCUT2D eigenvalue weighted by molar-refractivity contribution is 0.0274. The molecule has 0 amide bonds. The molecular weight excluding hydrogens is 506 g/mol. The highest BCUT2D eigenvalue weighted by Crippen LogP contribution is 2.37. The van der Waals surface area contributed by atoms with Gasteiger partial charge < -0.3 is 18.6 Å². The minimum Gasteiger partial charge on any atom is -0.384 e. The molecule has 1 saturated heterocycles. The van der Waals surface area contributed by atoms with Crippen LogP contribution < -0.4 is 10.7 Å². The molecule has 1 saturated carbocycles. The molecule has 0 spiro atoms. The van der Waals surface area contributed by atoms with Crippen LogP contribution in [0, 0.1) is 11.8 Å². The van der Waals surface area contributed by atoms with Crippen molar-refractivity contribution in [3.05, 3.63) is 39.8 Å². The van der Waals surface area contributed by atoms with E-state index in [0.717, 1.165) is 36.0 Å². The Bertz CT molecular complexity index is 1500. The van der Waals surface area contributed by atoms with Crippen molar-refractivity contribution in [2.24, 2.45) is 11.8 Å². The average molecular weight is 538 g/mol. The summed E-state index contributed by atoms with van der Waals surface area (Å²) in [7, 11) is 0. The lowest BCUT2D eigenvalue weighted by atomic mass is 9.83. The molecule has 1 aliphatic heterocycles. The van der Waals surface area contributed by atoms with Crippen LogP contribution in [0.1, 0.15) is 46.5 Å². The Morgan fingerprint density at radius 2 is 1.92 bits per heavy atom. The van der Waals surface area contributed by atoms with Gasteiger partial charge in [-0.1, -0.05) is 43.5 Å². The van der Waals surface area contributed by atoms with E-state index in [2.05, 4.69) is 40.4 Å². The van der Waals surface area contributed by atoms with Gasteiger partial charge in [0.2, 0.25) is 11.8 Å². The number of nitrogens with one attached hydrogen (secondary N) is 1. The number of fused-ring (bicyclic) bond motifs is 1. The zero-order chi connectivity index (χ0) is 26.4. The molecule has 6 rings (SSSR count). The minimum absolute atomic E-state index is 0.0194. The number of hydrogen-bond donors (Lipinski definition) is 1. The van der Waals surface area contributed by atoms with Crippen molar-refractivity contribution in [2.75, 3.05) is 18.1 Å². The van der Waals surface area contributed by atoms with Gasteiger partial charge >= 0.3 is 5.76 Å². The van der Waals surface area contributed by atoms with Crippen molar-refractivity contribution in [2.45, 2.75) is 65.1 Å². The van der Waals surface area contributed by atoms with Crippen LogP contribution in [0.5, 0.6) is 0 Å². The Labute approximate surface area is 225 Å². The number of rotatable bonds is 5. The summed E-state index contributed by atoms with van der Waals surface area (Å²) in [5, 5.41) is 6.87. The van der Waals surface area contributed by atoms with Gasteiger partial charge in [-0.3, -0.25) is 0 Å². The Kier molecular flexibility index (Phi) is 6.69. The van der Waals surface area contributed by atoms with Crippen molar-refractivity contribution < 1.29 is 9.15 Å². The number of morpholine rings is 1. The maximum Gasteiger partial charge on any atom is 0.434 e. The third-order valence-corrected chi connectivity index (χ3v) is 8.26. The normalized spacial score (nSPS) is 24.3. The zero-order valence-electron chi connectivity index (χ0n) is 21.9. The largest absolute Gasteiger partial charge is 0.434 e. The van der Waals surface area contributed by atoms with Crippen molar-refractivity contribution in [1.29, 1.82) is 0 Å². The fourth-order valence-corrected chi connectivity index (χ4v) is 5.85. The highest BCUT2D eigenvalue weighted by Gasteiger charge is 2.32. The molecule has 0 radical (unpaired) electrons. The third kappa shape index (κ3) is 4.71. The molecule has 2 aliphatic rings. The molecule has 38 heavy (non-hydrogen) atoms. The van der Waals surface area contributed by atoms with E-state index >= 15 is 0 Å². The molecule has 10 nitrogen and oxygen atoms in total. The highest BCUT2D eigenvalue weighted by atomic mass is 35.5. The summed E-state index contributed by atoms with van der Waals surface area (Å²) in [5.41, 5.74) is 2.88. The molecule has 2 fully saturated rings. The fraction of sp³-hybridized carbons (Fsp3) is 0.519. The summed E-state index contributed by atoms with van der Waals surface area (Å²) >= 11 is 6.41. The van der Waals surface area contributed by atoms with Gasteiger partial charge in [-0.25, -0.2) is 19.9 Å². The molecule has 2 atom stereocenters. The van der Waals surface area contributed by atoms with Crippen LogP contribution in [-0.2, 0) is 11.3 Å². The number of anilines is 1. The van der Waals surface area contributed by atoms with Crippen LogP contribution in [0.25, 0.3) is 34.1 Å². The second-order valence-electron chi connectivity index (χ2n) is 10.7. The second-order valence-corrected chi connectivity index (χ2v) is 11.1. The summed E-state index contributed by atoms with van der Waals surface area (Å²) < 4.78 is 13.4. The van der Waals surface area contributed by atoms with Gasteiger partial charge in [0.15, 0.2) is 5.65 Å².